The quantitative estimate of drug-likeness (QED) is 0.790. The molecule has 0 aliphatic rings. The van der Waals surface area contributed by atoms with Crippen molar-refractivity contribution >= 4 is 23.4 Å². The van der Waals surface area contributed by atoms with Crippen molar-refractivity contribution in [1.82, 2.24) is 4.98 Å². The maximum absolute atomic E-state index is 10.8. The van der Waals surface area contributed by atoms with Crippen LogP contribution in [0.5, 0.6) is 0 Å². The number of hydrogen-bond acceptors (Lipinski definition) is 3. The van der Waals surface area contributed by atoms with E-state index in [0.29, 0.717) is 12.2 Å². The van der Waals surface area contributed by atoms with Crippen molar-refractivity contribution in [2.24, 2.45) is 0 Å². The zero-order valence-corrected chi connectivity index (χ0v) is 9.45. The summed E-state index contributed by atoms with van der Waals surface area (Å²) in [5.74, 6) is 1.72. The molecule has 84 valence electrons. The SMILES string of the molecule is C#CC(CC)Nc1nccc(C(=O)O)c1Cl. The van der Waals surface area contributed by atoms with Gasteiger partial charge in [-0.1, -0.05) is 24.4 Å². The lowest BCUT2D eigenvalue weighted by Gasteiger charge is -2.13. The number of carboxylic acids is 1. The summed E-state index contributed by atoms with van der Waals surface area (Å²) in [4.78, 5) is 14.8. The van der Waals surface area contributed by atoms with Gasteiger partial charge >= 0.3 is 5.97 Å². The fraction of sp³-hybridized carbons (Fsp3) is 0.273. The maximum atomic E-state index is 10.8. The van der Waals surface area contributed by atoms with Gasteiger partial charge in [0.15, 0.2) is 0 Å². The predicted molar refractivity (Wildman–Crippen MR) is 62.7 cm³/mol. The molecule has 5 heteroatoms. The van der Waals surface area contributed by atoms with Gasteiger partial charge in [-0.25, -0.2) is 9.78 Å². The molecule has 0 saturated heterocycles. The number of carboxylic acid groups (broad SMARTS) is 1. The normalized spacial score (nSPS) is 11.6. The Bertz CT molecular complexity index is 440. The van der Waals surface area contributed by atoms with Gasteiger partial charge in [0, 0.05) is 6.20 Å². The highest BCUT2D eigenvalue weighted by Crippen LogP contribution is 2.24. The van der Waals surface area contributed by atoms with Gasteiger partial charge < -0.3 is 10.4 Å². The molecule has 4 nitrogen and oxygen atoms in total. The van der Waals surface area contributed by atoms with Crippen LogP contribution < -0.4 is 5.32 Å². The molecule has 0 aliphatic heterocycles. The summed E-state index contributed by atoms with van der Waals surface area (Å²) in [7, 11) is 0. The topological polar surface area (TPSA) is 62.2 Å². The monoisotopic (exact) mass is 238 g/mol. The van der Waals surface area contributed by atoms with Crippen LogP contribution >= 0.6 is 11.6 Å². The largest absolute Gasteiger partial charge is 0.478 e. The van der Waals surface area contributed by atoms with Crippen LogP contribution in [0.15, 0.2) is 12.3 Å². The van der Waals surface area contributed by atoms with Crippen molar-refractivity contribution in [2.75, 3.05) is 5.32 Å². The summed E-state index contributed by atoms with van der Waals surface area (Å²) in [6.07, 6.45) is 7.36. The lowest BCUT2D eigenvalue weighted by molar-refractivity contribution is 0.0697. The molecule has 0 saturated carbocycles. The molecule has 0 fully saturated rings. The summed E-state index contributed by atoms with van der Waals surface area (Å²) in [5.41, 5.74) is 0.00559. The molecular formula is C11H11ClN2O2. The van der Waals surface area contributed by atoms with E-state index in [4.69, 9.17) is 23.1 Å². The van der Waals surface area contributed by atoms with Crippen molar-refractivity contribution in [3.63, 3.8) is 0 Å². The van der Waals surface area contributed by atoms with Gasteiger partial charge in [-0.15, -0.1) is 6.42 Å². The van der Waals surface area contributed by atoms with Crippen molar-refractivity contribution in [3.05, 3.63) is 22.8 Å². The smallest absolute Gasteiger partial charge is 0.337 e. The van der Waals surface area contributed by atoms with Crippen LogP contribution in [0, 0.1) is 12.3 Å². The molecule has 0 aromatic carbocycles. The van der Waals surface area contributed by atoms with E-state index in [1.807, 2.05) is 6.92 Å². The highest BCUT2D eigenvalue weighted by molar-refractivity contribution is 6.35. The Balaban J connectivity index is 3.02. The van der Waals surface area contributed by atoms with Crippen LogP contribution in [0.3, 0.4) is 0 Å². The van der Waals surface area contributed by atoms with Crippen LogP contribution in [0.25, 0.3) is 0 Å². The van der Waals surface area contributed by atoms with Crippen LogP contribution in [-0.4, -0.2) is 22.1 Å². The molecular weight excluding hydrogens is 228 g/mol. The van der Waals surface area contributed by atoms with E-state index >= 15 is 0 Å². The zero-order chi connectivity index (χ0) is 12.1. The molecule has 1 rings (SSSR count). The van der Waals surface area contributed by atoms with Gasteiger partial charge in [-0.2, -0.15) is 0 Å². The van der Waals surface area contributed by atoms with E-state index in [1.54, 1.807) is 0 Å². The number of pyridine rings is 1. The summed E-state index contributed by atoms with van der Waals surface area (Å²) in [6.45, 7) is 1.91. The molecule has 1 aromatic heterocycles. The Hall–Kier alpha value is -1.73. The maximum Gasteiger partial charge on any atom is 0.337 e. The molecule has 0 spiro atoms. The molecule has 2 N–H and O–H groups in total. The number of rotatable bonds is 4. The van der Waals surface area contributed by atoms with Crippen molar-refractivity contribution in [2.45, 2.75) is 19.4 Å². The van der Waals surface area contributed by atoms with Crippen LogP contribution in [-0.2, 0) is 0 Å². The number of carbonyl (C=O) groups is 1. The molecule has 0 radical (unpaired) electrons. The van der Waals surface area contributed by atoms with Gasteiger partial charge in [0.05, 0.1) is 16.6 Å². The highest BCUT2D eigenvalue weighted by atomic mass is 35.5. The molecule has 0 amide bonds. The van der Waals surface area contributed by atoms with E-state index in [0.717, 1.165) is 0 Å². The molecule has 1 unspecified atom stereocenters. The summed E-state index contributed by atoms with van der Waals surface area (Å²) in [6, 6.07) is 1.13. The van der Waals surface area contributed by atoms with Crippen LogP contribution in [0.4, 0.5) is 5.82 Å². The number of nitrogens with one attached hydrogen (secondary N) is 1. The lowest BCUT2D eigenvalue weighted by Crippen LogP contribution is -2.17. The Morgan fingerprint density at radius 3 is 3.00 bits per heavy atom. The number of nitrogens with zero attached hydrogens (tertiary/aromatic N) is 1. The first-order valence-corrected chi connectivity index (χ1v) is 5.08. The average Bonchev–Trinajstić information content (AvgIpc) is 2.27. The number of aromatic nitrogens is 1. The second-order valence-electron chi connectivity index (χ2n) is 3.10. The van der Waals surface area contributed by atoms with Gasteiger partial charge in [0.25, 0.3) is 0 Å². The molecule has 1 atom stereocenters. The molecule has 1 aromatic rings. The standard InChI is InChI=1S/C11H11ClN2O2/c1-3-7(4-2)14-10-9(12)8(11(15)16)5-6-13-10/h1,5-7H,4H2,2H3,(H,13,14)(H,15,16). The lowest BCUT2D eigenvalue weighted by atomic mass is 10.2. The minimum atomic E-state index is -1.09. The zero-order valence-electron chi connectivity index (χ0n) is 8.70. The van der Waals surface area contributed by atoms with E-state index in [1.165, 1.54) is 12.3 Å². The Kier molecular flexibility index (Phi) is 4.15. The Labute approximate surface area is 98.6 Å². The number of aromatic carboxylic acids is 1. The fourth-order valence-electron chi connectivity index (χ4n) is 1.14. The first-order valence-electron chi connectivity index (χ1n) is 4.70. The van der Waals surface area contributed by atoms with Gasteiger partial charge in [-0.05, 0) is 12.5 Å². The Morgan fingerprint density at radius 2 is 2.50 bits per heavy atom. The van der Waals surface area contributed by atoms with Crippen LogP contribution in [0.1, 0.15) is 23.7 Å². The van der Waals surface area contributed by atoms with Gasteiger partial charge in [0.1, 0.15) is 5.82 Å². The average molecular weight is 239 g/mol. The number of anilines is 1. The van der Waals surface area contributed by atoms with Crippen molar-refractivity contribution < 1.29 is 9.90 Å². The Morgan fingerprint density at radius 1 is 1.81 bits per heavy atom. The van der Waals surface area contributed by atoms with Crippen molar-refractivity contribution in [1.29, 1.82) is 0 Å². The second kappa shape index (κ2) is 5.38. The third-order valence-corrected chi connectivity index (χ3v) is 2.42. The van der Waals surface area contributed by atoms with E-state index < -0.39 is 5.97 Å². The summed E-state index contributed by atoms with van der Waals surface area (Å²) in [5, 5.41) is 11.8. The first kappa shape index (κ1) is 12.3. The molecule has 0 aliphatic carbocycles. The second-order valence-corrected chi connectivity index (χ2v) is 3.48. The number of hydrogen-bond donors (Lipinski definition) is 2. The van der Waals surface area contributed by atoms with E-state index in [-0.39, 0.29) is 16.6 Å². The third-order valence-electron chi connectivity index (χ3n) is 2.04. The highest BCUT2D eigenvalue weighted by Gasteiger charge is 2.14. The summed E-state index contributed by atoms with van der Waals surface area (Å²) >= 11 is 5.89. The summed E-state index contributed by atoms with van der Waals surface area (Å²) < 4.78 is 0. The first-order chi connectivity index (χ1) is 7.60. The fourth-order valence-corrected chi connectivity index (χ4v) is 1.38. The molecule has 16 heavy (non-hydrogen) atoms. The predicted octanol–water partition coefficient (Wildman–Crippen LogP) is 2.26. The number of halogens is 1. The van der Waals surface area contributed by atoms with Gasteiger partial charge in [0.2, 0.25) is 0 Å². The van der Waals surface area contributed by atoms with Gasteiger partial charge in [-0.3, -0.25) is 0 Å². The minimum Gasteiger partial charge on any atom is -0.478 e. The molecule has 0 bridgehead atoms. The third kappa shape index (κ3) is 2.65. The molecule has 1 heterocycles. The van der Waals surface area contributed by atoms with Crippen LogP contribution in [0.2, 0.25) is 5.02 Å². The van der Waals surface area contributed by atoms with Crippen molar-refractivity contribution in [3.8, 4) is 12.3 Å². The minimum absolute atomic E-state index is 0.00559. The van der Waals surface area contributed by atoms with E-state index in [9.17, 15) is 4.79 Å². The number of terminal acetylenes is 1. The van der Waals surface area contributed by atoms with E-state index in [2.05, 4.69) is 16.2 Å².